The lowest BCUT2D eigenvalue weighted by molar-refractivity contribution is 0.112. The fraction of sp³-hybridized carbons (Fsp3) is 0.500. The standard InChI is InChI=1S/C12H17FO4S/c1-2-12(9-3-5-10(13)6-4-9)18(16,17)8-11(15)7-14/h3-6,11-12,14-15H,2,7-8H2,1H3/t11-,12-/m0/s1. The molecule has 0 radical (unpaired) electrons. The second-order valence-electron chi connectivity index (χ2n) is 4.11. The summed E-state index contributed by atoms with van der Waals surface area (Å²) >= 11 is 0. The third-order valence-corrected chi connectivity index (χ3v) is 5.00. The maximum Gasteiger partial charge on any atom is 0.159 e. The summed E-state index contributed by atoms with van der Waals surface area (Å²) in [4.78, 5) is 0. The van der Waals surface area contributed by atoms with Crippen molar-refractivity contribution in [2.45, 2.75) is 24.7 Å². The van der Waals surface area contributed by atoms with E-state index in [1.807, 2.05) is 0 Å². The van der Waals surface area contributed by atoms with Crippen LogP contribution in [0.3, 0.4) is 0 Å². The predicted octanol–water partition coefficient (Wildman–Crippen LogP) is 1.04. The normalized spacial score (nSPS) is 15.3. The van der Waals surface area contributed by atoms with E-state index in [4.69, 9.17) is 5.11 Å². The molecule has 0 aliphatic heterocycles. The van der Waals surface area contributed by atoms with E-state index in [0.717, 1.165) is 0 Å². The van der Waals surface area contributed by atoms with Crippen LogP contribution in [0.2, 0.25) is 0 Å². The zero-order chi connectivity index (χ0) is 13.8. The average Bonchev–Trinajstić information content (AvgIpc) is 2.31. The van der Waals surface area contributed by atoms with Crippen molar-refractivity contribution in [1.29, 1.82) is 0 Å². The third kappa shape index (κ3) is 3.76. The summed E-state index contributed by atoms with van der Waals surface area (Å²) < 4.78 is 36.9. The molecule has 6 heteroatoms. The Balaban J connectivity index is 2.99. The van der Waals surface area contributed by atoms with E-state index >= 15 is 0 Å². The molecule has 1 aromatic rings. The molecule has 0 fully saturated rings. The number of benzene rings is 1. The Morgan fingerprint density at radius 3 is 2.28 bits per heavy atom. The highest BCUT2D eigenvalue weighted by atomic mass is 32.2. The van der Waals surface area contributed by atoms with Crippen molar-refractivity contribution in [3.63, 3.8) is 0 Å². The molecule has 0 saturated heterocycles. The zero-order valence-electron chi connectivity index (χ0n) is 10.1. The van der Waals surface area contributed by atoms with Gasteiger partial charge < -0.3 is 10.2 Å². The fourth-order valence-corrected chi connectivity index (χ4v) is 3.77. The zero-order valence-corrected chi connectivity index (χ0v) is 10.9. The average molecular weight is 276 g/mol. The molecule has 0 unspecified atom stereocenters. The summed E-state index contributed by atoms with van der Waals surface area (Å²) in [6.45, 7) is 1.11. The lowest BCUT2D eigenvalue weighted by atomic mass is 10.1. The van der Waals surface area contributed by atoms with Gasteiger partial charge in [-0.2, -0.15) is 0 Å². The van der Waals surface area contributed by atoms with Crippen molar-refractivity contribution in [3.8, 4) is 0 Å². The first-order chi connectivity index (χ1) is 8.40. The number of hydrogen-bond donors (Lipinski definition) is 2. The molecular formula is C12H17FO4S. The first-order valence-corrected chi connectivity index (χ1v) is 7.38. The predicted molar refractivity (Wildman–Crippen MR) is 66.3 cm³/mol. The topological polar surface area (TPSA) is 74.6 Å². The Labute approximate surface area is 106 Å². The highest BCUT2D eigenvalue weighted by Gasteiger charge is 2.27. The van der Waals surface area contributed by atoms with Crippen LogP contribution in [0.15, 0.2) is 24.3 Å². The van der Waals surface area contributed by atoms with Gasteiger partial charge in [-0.25, -0.2) is 12.8 Å². The minimum absolute atomic E-state index is 0.326. The van der Waals surface area contributed by atoms with Crippen LogP contribution in [0.25, 0.3) is 0 Å². The van der Waals surface area contributed by atoms with Gasteiger partial charge in [-0.15, -0.1) is 0 Å². The van der Waals surface area contributed by atoms with Crippen LogP contribution in [0.5, 0.6) is 0 Å². The van der Waals surface area contributed by atoms with E-state index in [9.17, 15) is 17.9 Å². The highest BCUT2D eigenvalue weighted by Crippen LogP contribution is 2.27. The Bertz CT molecular complexity index is 469. The monoisotopic (exact) mass is 276 g/mol. The molecule has 1 rings (SSSR count). The second kappa shape index (κ2) is 6.26. The maximum atomic E-state index is 12.8. The number of halogens is 1. The number of sulfone groups is 1. The van der Waals surface area contributed by atoms with Gasteiger partial charge in [-0.3, -0.25) is 0 Å². The van der Waals surface area contributed by atoms with Crippen LogP contribution in [-0.2, 0) is 9.84 Å². The summed E-state index contributed by atoms with van der Waals surface area (Å²) in [6, 6.07) is 5.25. The van der Waals surface area contributed by atoms with Gasteiger partial charge in [0.1, 0.15) is 5.82 Å². The van der Waals surface area contributed by atoms with Gasteiger partial charge >= 0.3 is 0 Å². The Morgan fingerprint density at radius 2 is 1.83 bits per heavy atom. The molecule has 102 valence electrons. The van der Waals surface area contributed by atoms with Crippen LogP contribution in [0.4, 0.5) is 4.39 Å². The van der Waals surface area contributed by atoms with Gasteiger partial charge in [0.05, 0.1) is 23.7 Å². The molecule has 4 nitrogen and oxygen atoms in total. The first-order valence-electron chi connectivity index (χ1n) is 5.66. The summed E-state index contributed by atoms with van der Waals surface area (Å²) in [5, 5.41) is 17.1. The molecule has 2 N–H and O–H groups in total. The minimum Gasteiger partial charge on any atom is -0.394 e. The smallest absolute Gasteiger partial charge is 0.159 e. The van der Waals surface area contributed by atoms with Gasteiger partial charge in [0.15, 0.2) is 9.84 Å². The molecule has 0 aromatic heterocycles. The third-order valence-electron chi connectivity index (χ3n) is 2.68. The van der Waals surface area contributed by atoms with Crippen molar-refractivity contribution in [1.82, 2.24) is 0 Å². The van der Waals surface area contributed by atoms with Crippen molar-refractivity contribution < 1.29 is 23.0 Å². The number of aliphatic hydroxyl groups is 2. The number of aliphatic hydroxyl groups excluding tert-OH is 2. The molecule has 0 spiro atoms. The van der Waals surface area contributed by atoms with Gasteiger partial charge in [-0.1, -0.05) is 19.1 Å². The van der Waals surface area contributed by atoms with E-state index in [0.29, 0.717) is 12.0 Å². The van der Waals surface area contributed by atoms with Crippen LogP contribution in [0.1, 0.15) is 24.2 Å². The molecule has 0 heterocycles. The SMILES string of the molecule is CC[C@@H](c1ccc(F)cc1)S(=O)(=O)C[C@@H](O)CO. The highest BCUT2D eigenvalue weighted by molar-refractivity contribution is 7.91. The maximum absolute atomic E-state index is 12.8. The second-order valence-corrected chi connectivity index (χ2v) is 6.34. The summed E-state index contributed by atoms with van der Waals surface area (Å²) in [5.41, 5.74) is 0.490. The largest absolute Gasteiger partial charge is 0.394 e. The van der Waals surface area contributed by atoms with E-state index in [1.165, 1.54) is 24.3 Å². The lowest BCUT2D eigenvalue weighted by Crippen LogP contribution is -2.27. The minimum atomic E-state index is -3.58. The van der Waals surface area contributed by atoms with E-state index < -0.39 is 39.4 Å². The Morgan fingerprint density at radius 1 is 1.28 bits per heavy atom. The van der Waals surface area contributed by atoms with Crippen molar-refractivity contribution in [2.24, 2.45) is 0 Å². The Hall–Kier alpha value is -0.980. The van der Waals surface area contributed by atoms with Crippen molar-refractivity contribution in [2.75, 3.05) is 12.4 Å². The van der Waals surface area contributed by atoms with Crippen LogP contribution in [0, 0.1) is 5.82 Å². The van der Waals surface area contributed by atoms with Crippen LogP contribution >= 0.6 is 0 Å². The molecule has 0 aliphatic rings. The summed E-state index contributed by atoms with van der Waals surface area (Å²) in [7, 11) is -3.58. The molecule has 18 heavy (non-hydrogen) atoms. The molecule has 0 amide bonds. The van der Waals surface area contributed by atoms with Gasteiger partial charge in [0.25, 0.3) is 0 Å². The van der Waals surface area contributed by atoms with E-state index in [2.05, 4.69) is 0 Å². The number of hydrogen-bond acceptors (Lipinski definition) is 4. The summed E-state index contributed by atoms with van der Waals surface area (Å²) in [5.74, 6) is -0.930. The van der Waals surface area contributed by atoms with Gasteiger partial charge in [0, 0.05) is 0 Å². The molecule has 0 bridgehead atoms. The molecular weight excluding hydrogens is 259 g/mol. The molecule has 0 aliphatic carbocycles. The quantitative estimate of drug-likeness (QED) is 0.814. The van der Waals surface area contributed by atoms with Gasteiger partial charge in [0.2, 0.25) is 0 Å². The number of rotatable bonds is 6. The Kier molecular flexibility index (Phi) is 5.25. The molecule has 1 aromatic carbocycles. The van der Waals surface area contributed by atoms with Crippen molar-refractivity contribution in [3.05, 3.63) is 35.6 Å². The fourth-order valence-electron chi connectivity index (χ4n) is 1.81. The molecule has 0 saturated carbocycles. The first kappa shape index (κ1) is 15.1. The summed E-state index contributed by atoms with van der Waals surface area (Å²) in [6.07, 6.45) is -0.962. The molecule has 2 atom stereocenters. The van der Waals surface area contributed by atoms with Crippen LogP contribution < -0.4 is 0 Å². The van der Waals surface area contributed by atoms with E-state index in [-0.39, 0.29) is 0 Å². The van der Waals surface area contributed by atoms with Crippen molar-refractivity contribution >= 4 is 9.84 Å². The van der Waals surface area contributed by atoms with E-state index in [1.54, 1.807) is 6.92 Å². The van der Waals surface area contributed by atoms with Crippen LogP contribution in [-0.4, -0.2) is 37.1 Å². The lowest BCUT2D eigenvalue weighted by Gasteiger charge is -2.18. The van der Waals surface area contributed by atoms with Gasteiger partial charge in [-0.05, 0) is 24.1 Å².